The number of hydrogen-bond acceptors (Lipinski definition) is 3. The molecule has 142 valence electrons. The maximum Gasteiger partial charge on any atom is 0.338 e. The van der Waals surface area contributed by atoms with Crippen LogP contribution >= 0.6 is 15.9 Å². The molecule has 27 heavy (non-hydrogen) atoms. The molecule has 0 bridgehead atoms. The summed E-state index contributed by atoms with van der Waals surface area (Å²) in [5, 5.41) is 0. The van der Waals surface area contributed by atoms with E-state index in [1.165, 1.54) is 5.56 Å². The van der Waals surface area contributed by atoms with E-state index >= 15 is 0 Å². The van der Waals surface area contributed by atoms with E-state index in [1.807, 2.05) is 38.1 Å². The lowest BCUT2D eigenvalue weighted by atomic mass is 9.90. The van der Waals surface area contributed by atoms with E-state index < -0.39 is 0 Å². The highest BCUT2D eigenvalue weighted by Gasteiger charge is 2.28. The summed E-state index contributed by atoms with van der Waals surface area (Å²) in [6.45, 7) is 4.98. The highest BCUT2D eigenvalue weighted by atomic mass is 79.9. The van der Waals surface area contributed by atoms with Crippen LogP contribution in [0.25, 0.3) is 0 Å². The second-order valence-corrected chi connectivity index (χ2v) is 8.26. The molecule has 1 heterocycles. The summed E-state index contributed by atoms with van der Waals surface area (Å²) in [5.74, 6) is 0.284. The first-order chi connectivity index (χ1) is 12.9. The Kier molecular flexibility index (Phi) is 6.32. The van der Waals surface area contributed by atoms with Crippen LogP contribution in [-0.2, 0) is 9.53 Å². The first-order valence-electron chi connectivity index (χ1n) is 9.27. The van der Waals surface area contributed by atoms with Gasteiger partial charge in [0.15, 0.2) is 0 Å². The summed E-state index contributed by atoms with van der Waals surface area (Å²) in [6, 6.07) is 15.6. The molecule has 0 aliphatic carbocycles. The van der Waals surface area contributed by atoms with Crippen molar-refractivity contribution in [2.45, 2.75) is 32.6 Å². The zero-order valence-electron chi connectivity index (χ0n) is 15.7. The number of halogens is 1. The zero-order chi connectivity index (χ0) is 19.4. The van der Waals surface area contributed by atoms with Gasteiger partial charge in [0.2, 0.25) is 5.91 Å². The fraction of sp³-hybridized carbons (Fsp3) is 0.364. The number of amides is 1. The number of anilines is 1. The average Bonchev–Trinajstić information content (AvgIpc) is 2.66. The minimum atomic E-state index is -0.365. The number of benzene rings is 2. The summed E-state index contributed by atoms with van der Waals surface area (Å²) < 4.78 is 6.10. The van der Waals surface area contributed by atoms with Gasteiger partial charge in [-0.1, -0.05) is 60.1 Å². The molecule has 4 nitrogen and oxygen atoms in total. The third-order valence-electron chi connectivity index (χ3n) is 4.66. The van der Waals surface area contributed by atoms with E-state index in [0.29, 0.717) is 31.1 Å². The van der Waals surface area contributed by atoms with Crippen LogP contribution in [0.1, 0.15) is 48.5 Å². The van der Waals surface area contributed by atoms with Gasteiger partial charge >= 0.3 is 5.97 Å². The van der Waals surface area contributed by atoms with Gasteiger partial charge in [-0.2, -0.15) is 0 Å². The van der Waals surface area contributed by atoms with Crippen molar-refractivity contribution in [3.63, 3.8) is 0 Å². The van der Waals surface area contributed by atoms with Gasteiger partial charge in [-0.25, -0.2) is 4.79 Å². The summed E-state index contributed by atoms with van der Waals surface area (Å²) in [4.78, 5) is 26.7. The van der Waals surface area contributed by atoms with E-state index in [9.17, 15) is 9.59 Å². The van der Waals surface area contributed by atoms with Gasteiger partial charge in [-0.15, -0.1) is 0 Å². The standard InChI is InChI=1S/C22H24BrNO3/c1-15(2)14-27-22(26)18-10-19(23)12-20(11-18)24-13-17(8-9-21(24)25)16-6-4-3-5-7-16/h3-7,10-12,15,17H,8-9,13-14H2,1-2H3. The van der Waals surface area contributed by atoms with Crippen LogP contribution < -0.4 is 4.90 Å². The van der Waals surface area contributed by atoms with E-state index in [-0.39, 0.29) is 17.8 Å². The molecule has 5 heteroatoms. The molecule has 3 rings (SSSR count). The van der Waals surface area contributed by atoms with Gasteiger partial charge in [0.1, 0.15) is 0 Å². The van der Waals surface area contributed by atoms with E-state index in [0.717, 1.165) is 16.6 Å². The Hall–Kier alpha value is -2.14. The normalized spacial score (nSPS) is 17.3. The molecular formula is C22H24BrNO3. The fourth-order valence-electron chi connectivity index (χ4n) is 3.27. The van der Waals surface area contributed by atoms with Crippen LogP contribution in [0.2, 0.25) is 0 Å². The topological polar surface area (TPSA) is 46.6 Å². The molecule has 1 aliphatic rings. The Bertz CT molecular complexity index is 820. The van der Waals surface area contributed by atoms with Crippen molar-refractivity contribution in [2.24, 2.45) is 5.92 Å². The van der Waals surface area contributed by atoms with Gasteiger partial charge in [0.25, 0.3) is 0 Å². The molecule has 0 N–H and O–H groups in total. The van der Waals surface area contributed by atoms with E-state index in [2.05, 4.69) is 28.1 Å². The molecule has 1 aliphatic heterocycles. The first kappa shape index (κ1) is 19.6. The van der Waals surface area contributed by atoms with Crippen molar-refractivity contribution in [3.05, 3.63) is 64.1 Å². The predicted octanol–water partition coefficient (Wildman–Crippen LogP) is 5.17. The molecule has 0 aromatic heterocycles. The summed E-state index contributed by atoms with van der Waals surface area (Å²) in [7, 11) is 0. The Balaban J connectivity index is 1.83. The Morgan fingerprint density at radius 3 is 2.67 bits per heavy atom. The number of rotatable bonds is 5. The molecule has 1 fully saturated rings. The Labute approximate surface area is 168 Å². The van der Waals surface area contributed by atoms with Crippen molar-refractivity contribution in [2.75, 3.05) is 18.1 Å². The van der Waals surface area contributed by atoms with Gasteiger partial charge in [-0.3, -0.25) is 4.79 Å². The maximum absolute atomic E-state index is 12.6. The van der Waals surface area contributed by atoms with E-state index in [1.54, 1.807) is 17.0 Å². The number of ether oxygens (including phenoxy) is 1. The van der Waals surface area contributed by atoms with Gasteiger partial charge < -0.3 is 9.64 Å². The molecule has 0 spiro atoms. The quantitative estimate of drug-likeness (QED) is 0.615. The number of nitrogens with zero attached hydrogens (tertiary/aromatic N) is 1. The van der Waals surface area contributed by atoms with Crippen LogP contribution in [0.3, 0.4) is 0 Å². The molecule has 1 amide bonds. The lowest BCUT2D eigenvalue weighted by Crippen LogP contribution is -2.39. The largest absolute Gasteiger partial charge is 0.462 e. The highest BCUT2D eigenvalue weighted by Crippen LogP contribution is 2.32. The molecular weight excluding hydrogens is 406 g/mol. The summed E-state index contributed by atoms with van der Waals surface area (Å²) in [6.07, 6.45) is 1.34. The minimum absolute atomic E-state index is 0.0850. The van der Waals surface area contributed by atoms with Gasteiger partial charge in [0, 0.05) is 29.0 Å². The second-order valence-electron chi connectivity index (χ2n) is 7.34. The lowest BCUT2D eigenvalue weighted by molar-refractivity contribution is -0.119. The molecule has 1 unspecified atom stereocenters. The Morgan fingerprint density at radius 2 is 1.96 bits per heavy atom. The van der Waals surface area contributed by atoms with Crippen molar-refractivity contribution in [1.82, 2.24) is 0 Å². The third-order valence-corrected chi connectivity index (χ3v) is 5.12. The molecule has 1 atom stereocenters. The summed E-state index contributed by atoms with van der Waals surface area (Å²) in [5.41, 5.74) is 2.42. The van der Waals surface area contributed by atoms with Crippen LogP contribution in [0.4, 0.5) is 5.69 Å². The van der Waals surface area contributed by atoms with Crippen LogP contribution in [0.5, 0.6) is 0 Å². The number of esters is 1. The zero-order valence-corrected chi connectivity index (χ0v) is 17.2. The van der Waals surface area contributed by atoms with Crippen molar-refractivity contribution >= 4 is 33.5 Å². The van der Waals surface area contributed by atoms with Crippen LogP contribution in [-0.4, -0.2) is 25.0 Å². The Morgan fingerprint density at radius 1 is 1.22 bits per heavy atom. The minimum Gasteiger partial charge on any atom is -0.462 e. The smallest absolute Gasteiger partial charge is 0.338 e. The second kappa shape index (κ2) is 8.70. The highest BCUT2D eigenvalue weighted by molar-refractivity contribution is 9.10. The monoisotopic (exact) mass is 429 g/mol. The van der Waals surface area contributed by atoms with Crippen LogP contribution in [0.15, 0.2) is 53.0 Å². The number of piperidine rings is 1. The van der Waals surface area contributed by atoms with Gasteiger partial charge in [-0.05, 0) is 36.1 Å². The van der Waals surface area contributed by atoms with E-state index in [4.69, 9.17) is 4.74 Å². The number of hydrogen-bond donors (Lipinski definition) is 0. The van der Waals surface area contributed by atoms with Crippen molar-refractivity contribution < 1.29 is 14.3 Å². The lowest BCUT2D eigenvalue weighted by Gasteiger charge is -2.33. The SMILES string of the molecule is CC(C)COC(=O)c1cc(Br)cc(N2CC(c3ccccc3)CCC2=O)c1. The van der Waals surface area contributed by atoms with Crippen molar-refractivity contribution in [3.8, 4) is 0 Å². The van der Waals surface area contributed by atoms with Crippen LogP contribution in [0, 0.1) is 5.92 Å². The summed E-state index contributed by atoms with van der Waals surface area (Å²) >= 11 is 3.46. The number of carbonyl (C=O) groups excluding carboxylic acids is 2. The molecule has 2 aromatic rings. The van der Waals surface area contributed by atoms with Gasteiger partial charge in [0.05, 0.1) is 12.2 Å². The molecule has 1 saturated heterocycles. The maximum atomic E-state index is 12.6. The molecule has 0 saturated carbocycles. The predicted molar refractivity (Wildman–Crippen MR) is 110 cm³/mol. The average molecular weight is 430 g/mol. The number of carbonyl (C=O) groups is 2. The third kappa shape index (κ3) is 4.98. The first-order valence-corrected chi connectivity index (χ1v) is 10.1. The van der Waals surface area contributed by atoms with Crippen molar-refractivity contribution in [1.29, 1.82) is 0 Å². The fourth-order valence-corrected chi connectivity index (χ4v) is 3.75. The molecule has 2 aromatic carbocycles. The molecule has 0 radical (unpaired) electrons.